The van der Waals surface area contributed by atoms with Crippen molar-refractivity contribution in [3.8, 4) is 0 Å². The molecule has 0 unspecified atom stereocenters. The van der Waals surface area contributed by atoms with E-state index < -0.39 is 0 Å². The third kappa shape index (κ3) is 527. The topological polar surface area (TPSA) is 0 Å². The van der Waals surface area contributed by atoms with Gasteiger partial charge in [-0.1, -0.05) is 0 Å². The fraction of sp³-hybridized carbons (Fsp3) is 0. The first-order chi connectivity index (χ1) is 0. The molecule has 0 atom stereocenters. The van der Waals surface area contributed by atoms with Gasteiger partial charge in [0, 0.05) is 0 Å². The molecule has 0 aromatic carbocycles. The molecule has 0 saturated heterocycles. The van der Waals surface area contributed by atoms with Crippen LogP contribution in [0.2, 0.25) is 0 Å². The average molecular weight is 197 g/mol. The Kier molecular flexibility index (Phi) is 132000. The van der Waals surface area contributed by atoms with Crippen LogP contribution in [0.4, 0.5) is 0 Å². The van der Waals surface area contributed by atoms with Gasteiger partial charge in [0.1, 0.15) is 0 Å². The Hall–Kier alpha value is 0.632. The van der Waals surface area contributed by atoms with Crippen LogP contribution in [0.1, 0.15) is 0 Å². The van der Waals surface area contributed by atoms with Gasteiger partial charge in [-0.3, -0.25) is 0 Å². The van der Waals surface area contributed by atoms with Crippen LogP contribution >= 0.6 is 0 Å². The predicted molar refractivity (Wildman–Crippen MR) is 5.75 cm³/mol. The minimum Gasteiger partial charge on any atom is -1.00 e. The molecule has 0 rings (SSSR count). The van der Waals surface area contributed by atoms with Crippen LogP contribution < -0.4 is 28.2 Å². The van der Waals surface area contributed by atoms with E-state index in [-0.39, 0.29) is 62.7 Å². The normalized spacial score (nSPS) is 0. The molecule has 0 fully saturated rings. The molecule has 8 heavy (non-hydrogen) atoms. The van der Waals surface area contributed by atoms with Crippen LogP contribution in [0, 0.1) is 0 Å². The van der Waals surface area contributed by atoms with Crippen molar-refractivity contribution < 1.29 is 45.3 Å². The second kappa shape index (κ2) is 841. The second-order valence-electron chi connectivity index (χ2n) is 0. The molecule has 0 aromatic rings. The molecule has 0 aliphatic heterocycles. The molecule has 0 saturated carbocycles. The Morgan fingerprint density at radius 1 is 0.375 bits per heavy atom. The Labute approximate surface area is 63.2 Å². The van der Waals surface area contributed by atoms with E-state index in [4.69, 9.17) is 0 Å². The van der Waals surface area contributed by atoms with Gasteiger partial charge in [-0.15, -0.1) is 0 Å². The molecule has 0 aromatic heterocycles. The van der Waals surface area contributed by atoms with E-state index in [1.54, 1.807) is 0 Å². The van der Waals surface area contributed by atoms with Gasteiger partial charge in [0.05, 0.1) is 0 Å². The first kappa shape index (κ1) is 1260. The van der Waals surface area contributed by atoms with Crippen molar-refractivity contribution >= 4 is 17.4 Å². The van der Waals surface area contributed by atoms with Crippen LogP contribution in [0.3, 0.4) is 0 Å². The Bertz CT molecular complexity index is 8.49. The minimum atomic E-state index is 0. The van der Waals surface area contributed by atoms with E-state index in [9.17, 15) is 0 Å². The molecule has 0 nitrogen and oxygen atoms in total. The summed E-state index contributed by atoms with van der Waals surface area (Å²) in [5, 5.41) is 0. The van der Waals surface area contributed by atoms with Gasteiger partial charge >= 0.3 is 34.4 Å². The van der Waals surface area contributed by atoms with Gasteiger partial charge in [0.2, 0.25) is 0 Å². The van der Waals surface area contributed by atoms with Crippen LogP contribution in [-0.2, 0) is 17.1 Å². The maximum absolute atomic E-state index is 0. The predicted octanol–water partition coefficient (Wildman–Crippen LogP) is -18.4. The fourth-order valence-electron chi connectivity index (χ4n) is 0. The van der Waals surface area contributed by atoms with Gasteiger partial charge in [-0.05, 0) is 0 Å². The van der Waals surface area contributed by atoms with E-state index in [0.29, 0.717) is 0 Å². The molecule has 53 valence electrons. The van der Waals surface area contributed by atoms with Crippen molar-refractivity contribution in [2.24, 2.45) is 0 Å². The smallest absolute Gasteiger partial charge is 1.00 e. The summed E-state index contributed by atoms with van der Waals surface area (Å²) in [6.07, 6.45) is 0. The van der Waals surface area contributed by atoms with E-state index >= 15 is 0 Å². The molecular formula is AlF6Fe. The molecule has 0 N–H and O–H groups in total. The van der Waals surface area contributed by atoms with Crippen molar-refractivity contribution in [1.29, 1.82) is 0 Å². The summed E-state index contributed by atoms with van der Waals surface area (Å²) in [5.41, 5.74) is 0. The molecule has 0 heterocycles. The fourth-order valence-corrected chi connectivity index (χ4v) is 0. The number of halogens is 6. The first-order valence-corrected chi connectivity index (χ1v) is 0. The van der Waals surface area contributed by atoms with Crippen LogP contribution in [0.25, 0.3) is 0 Å². The van der Waals surface area contributed by atoms with Crippen LogP contribution in [0.15, 0.2) is 0 Å². The SMILES string of the molecule is [Al+3].[F-].[F-].[F-].[F-].[F-].[F-].[Fe+3]. The van der Waals surface area contributed by atoms with E-state index in [1.165, 1.54) is 0 Å². The zero-order chi connectivity index (χ0) is 0. The van der Waals surface area contributed by atoms with Crippen molar-refractivity contribution in [2.75, 3.05) is 0 Å². The summed E-state index contributed by atoms with van der Waals surface area (Å²) in [5.74, 6) is 0. The summed E-state index contributed by atoms with van der Waals surface area (Å²) < 4.78 is 0. The van der Waals surface area contributed by atoms with E-state index in [2.05, 4.69) is 0 Å². The van der Waals surface area contributed by atoms with E-state index in [0.717, 1.165) is 0 Å². The maximum Gasteiger partial charge on any atom is 3.00 e. The molecule has 8 heteroatoms. The monoisotopic (exact) mass is 197 g/mol. The molecule has 1 radical (unpaired) electrons. The molecular weight excluding hydrogens is 197 g/mol. The average Bonchev–Trinajstić information content (AvgIpc) is 0. The largest absolute Gasteiger partial charge is 3.00 e. The number of rotatable bonds is 0. The zero-order valence-electron chi connectivity index (χ0n) is 3.20. The van der Waals surface area contributed by atoms with Gasteiger partial charge in [-0.25, -0.2) is 0 Å². The molecule has 0 spiro atoms. The molecule has 0 amide bonds. The van der Waals surface area contributed by atoms with Gasteiger partial charge in [0.25, 0.3) is 0 Å². The van der Waals surface area contributed by atoms with Crippen molar-refractivity contribution in [3.05, 3.63) is 0 Å². The standard InChI is InChI=1S/Al.6FH.Fe/h;6*1H;/q+3;;;;;;;+3/p-6. The Morgan fingerprint density at radius 2 is 0.375 bits per heavy atom. The number of hydrogen-bond donors (Lipinski definition) is 0. The molecule has 0 aliphatic carbocycles. The van der Waals surface area contributed by atoms with Gasteiger partial charge < -0.3 is 28.2 Å². The minimum absolute atomic E-state index is 0. The van der Waals surface area contributed by atoms with Crippen molar-refractivity contribution in [2.45, 2.75) is 0 Å². The maximum atomic E-state index is 0. The van der Waals surface area contributed by atoms with Gasteiger partial charge in [0.15, 0.2) is 0 Å². The second-order valence-corrected chi connectivity index (χ2v) is 0. The zero-order valence-corrected chi connectivity index (χ0v) is 5.46. The quantitative estimate of drug-likeness (QED) is 0.267. The Balaban J connectivity index is 0. The number of hydrogen-bond acceptors (Lipinski definition) is 0. The summed E-state index contributed by atoms with van der Waals surface area (Å²) in [6, 6.07) is 0. The Morgan fingerprint density at radius 3 is 0.375 bits per heavy atom. The summed E-state index contributed by atoms with van der Waals surface area (Å²) in [7, 11) is 0. The third-order valence-electron chi connectivity index (χ3n) is 0. The first-order valence-electron chi connectivity index (χ1n) is 0. The van der Waals surface area contributed by atoms with Gasteiger partial charge in [-0.2, -0.15) is 0 Å². The van der Waals surface area contributed by atoms with Crippen molar-refractivity contribution in [3.63, 3.8) is 0 Å². The third-order valence-corrected chi connectivity index (χ3v) is 0. The molecule has 0 bridgehead atoms. The van der Waals surface area contributed by atoms with Crippen molar-refractivity contribution in [1.82, 2.24) is 0 Å². The summed E-state index contributed by atoms with van der Waals surface area (Å²) in [4.78, 5) is 0. The summed E-state index contributed by atoms with van der Waals surface area (Å²) in [6.45, 7) is 0. The summed E-state index contributed by atoms with van der Waals surface area (Å²) >= 11 is 0. The molecule has 0 aliphatic rings. The van der Waals surface area contributed by atoms with Crippen LogP contribution in [-0.4, -0.2) is 17.4 Å². The van der Waals surface area contributed by atoms with Crippen LogP contribution in [0.5, 0.6) is 0 Å². The van der Waals surface area contributed by atoms with E-state index in [1.807, 2.05) is 0 Å².